The molecule has 5 nitrogen and oxygen atoms in total. The molecule has 5 heteroatoms. The van der Waals surface area contributed by atoms with E-state index in [1.165, 1.54) is 5.56 Å². The molecule has 0 aliphatic rings. The fourth-order valence-corrected chi connectivity index (χ4v) is 2.50. The Hall–Kier alpha value is -2.40. The van der Waals surface area contributed by atoms with Gasteiger partial charge >= 0.3 is 0 Å². The van der Waals surface area contributed by atoms with Crippen LogP contribution in [-0.4, -0.2) is 28.2 Å². The van der Waals surface area contributed by atoms with Crippen molar-refractivity contribution in [1.82, 2.24) is 14.5 Å². The number of fused-ring (bicyclic) bond motifs is 1. The number of pyridine rings is 2. The van der Waals surface area contributed by atoms with Crippen LogP contribution in [0.15, 0.2) is 42.7 Å². The number of hydrogen-bond donors (Lipinski definition) is 1. The Morgan fingerprint density at radius 1 is 1.24 bits per heavy atom. The van der Waals surface area contributed by atoms with E-state index in [0.717, 1.165) is 23.1 Å². The Bertz CT molecular complexity index is 751. The SMILES string of the molecule is COc1cccc(Cn2cc(CCN)c3cccnc32)n1. The van der Waals surface area contributed by atoms with Gasteiger partial charge in [-0.1, -0.05) is 6.07 Å². The van der Waals surface area contributed by atoms with E-state index in [1.807, 2.05) is 30.5 Å². The zero-order valence-corrected chi connectivity index (χ0v) is 12.0. The van der Waals surface area contributed by atoms with Crippen LogP contribution in [0.2, 0.25) is 0 Å². The van der Waals surface area contributed by atoms with E-state index < -0.39 is 0 Å². The van der Waals surface area contributed by atoms with Gasteiger partial charge in [-0.2, -0.15) is 0 Å². The minimum absolute atomic E-state index is 0.624. The predicted molar refractivity (Wildman–Crippen MR) is 82.4 cm³/mol. The van der Waals surface area contributed by atoms with Crippen LogP contribution >= 0.6 is 0 Å². The number of aromatic nitrogens is 3. The van der Waals surface area contributed by atoms with Crippen LogP contribution in [0.1, 0.15) is 11.3 Å². The first-order valence-corrected chi connectivity index (χ1v) is 6.94. The quantitative estimate of drug-likeness (QED) is 0.777. The van der Waals surface area contributed by atoms with Crippen LogP contribution in [-0.2, 0) is 13.0 Å². The van der Waals surface area contributed by atoms with Crippen LogP contribution in [0.25, 0.3) is 11.0 Å². The molecule has 0 bridgehead atoms. The fraction of sp³-hybridized carbons (Fsp3) is 0.250. The normalized spacial score (nSPS) is 11.0. The number of ether oxygens (including phenoxy) is 1. The maximum atomic E-state index is 5.69. The van der Waals surface area contributed by atoms with Gasteiger partial charge < -0.3 is 15.0 Å². The second kappa shape index (κ2) is 5.93. The van der Waals surface area contributed by atoms with E-state index in [4.69, 9.17) is 10.5 Å². The molecule has 0 radical (unpaired) electrons. The molecular formula is C16H18N4O. The molecular weight excluding hydrogens is 264 g/mol. The molecule has 108 valence electrons. The van der Waals surface area contributed by atoms with Crippen LogP contribution in [0.4, 0.5) is 0 Å². The smallest absolute Gasteiger partial charge is 0.213 e. The summed E-state index contributed by atoms with van der Waals surface area (Å²) in [5.74, 6) is 0.624. The number of nitrogens with two attached hydrogens (primary N) is 1. The number of rotatable bonds is 5. The van der Waals surface area contributed by atoms with Gasteiger partial charge in [0.2, 0.25) is 5.88 Å². The van der Waals surface area contributed by atoms with Crippen molar-refractivity contribution in [1.29, 1.82) is 0 Å². The lowest BCUT2D eigenvalue weighted by Crippen LogP contribution is -2.03. The summed E-state index contributed by atoms with van der Waals surface area (Å²) in [5.41, 5.74) is 8.82. The monoisotopic (exact) mass is 282 g/mol. The second-order valence-corrected chi connectivity index (χ2v) is 4.87. The largest absolute Gasteiger partial charge is 0.481 e. The van der Waals surface area contributed by atoms with E-state index >= 15 is 0 Å². The number of hydrogen-bond acceptors (Lipinski definition) is 4. The highest BCUT2D eigenvalue weighted by molar-refractivity contribution is 5.80. The summed E-state index contributed by atoms with van der Waals surface area (Å²) in [6, 6.07) is 9.82. The lowest BCUT2D eigenvalue weighted by atomic mass is 10.2. The summed E-state index contributed by atoms with van der Waals surface area (Å²) in [7, 11) is 1.62. The molecule has 0 spiro atoms. The fourth-order valence-electron chi connectivity index (χ4n) is 2.50. The van der Waals surface area contributed by atoms with Gasteiger partial charge in [-0.3, -0.25) is 0 Å². The van der Waals surface area contributed by atoms with Crippen molar-refractivity contribution in [2.24, 2.45) is 5.73 Å². The average molecular weight is 282 g/mol. The Morgan fingerprint density at radius 2 is 2.14 bits per heavy atom. The van der Waals surface area contributed by atoms with Crippen LogP contribution in [0.3, 0.4) is 0 Å². The van der Waals surface area contributed by atoms with Gasteiger partial charge in [-0.05, 0) is 36.7 Å². The van der Waals surface area contributed by atoms with Crippen molar-refractivity contribution in [2.45, 2.75) is 13.0 Å². The van der Waals surface area contributed by atoms with Crippen LogP contribution < -0.4 is 10.5 Å². The maximum Gasteiger partial charge on any atom is 0.213 e. The van der Waals surface area contributed by atoms with E-state index in [-0.39, 0.29) is 0 Å². The Balaban J connectivity index is 1.99. The van der Waals surface area contributed by atoms with Gasteiger partial charge in [0, 0.05) is 23.8 Å². The van der Waals surface area contributed by atoms with Crippen molar-refractivity contribution >= 4 is 11.0 Å². The summed E-state index contributed by atoms with van der Waals surface area (Å²) in [6.07, 6.45) is 4.77. The highest BCUT2D eigenvalue weighted by Crippen LogP contribution is 2.21. The third kappa shape index (κ3) is 2.73. The minimum Gasteiger partial charge on any atom is -0.481 e. The molecule has 0 saturated carbocycles. The highest BCUT2D eigenvalue weighted by Gasteiger charge is 2.09. The molecule has 0 aromatic carbocycles. The van der Waals surface area contributed by atoms with Gasteiger partial charge in [0.1, 0.15) is 5.65 Å². The molecule has 0 saturated heterocycles. The third-order valence-electron chi connectivity index (χ3n) is 3.45. The Kier molecular flexibility index (Phi) is 3.83. The van der Waals surface area contributed by atoms with Crippen LogP contribution in [0.5, 0.6) is 5.88 Å². The molecule has 0 aliphatic heterocycles. The first kappa shape index (κ1) is 13.6. The zero-order chi connectivity index (χ0) is 14.7. The summed E-state index contributed by atoms with van der Waals surface area (Å²) >= 11 is 0. The summed E-state index contributed by atoms with van der Waals surface area (Å²) in [4.78, 5) is 8.94. The van der Waals surface area contributed by atoms with Crippen molar-refractivity contribution in [2.75, 3.05) is 13.7 Å². The zero-order valence-electron chi connectivity index (χ0n) is 12.0. The summed E-state index contributed by atoms with van der Waals surface area (Å²) < 4.78 is 7.28. The van der Waals surface area contributed by atoms with Gasteiger partial charge in [-0.15, -0.1) is 0 Å². The Labute approximate surface area is 123 Å². The first-order valence-electron chi connectivity index (χ1n) is 6.94. The highest BCUT2D eigenvalue weighted by atomic mass is 16.5. The molecule has 3 aromatic rings. The van der Waals surface area contributed by atoms with Crippen molar-refractivity contribution in [3.8, 4) is 5.88 Å². The summed E-state index contributed by atoms with van der Waals surface area (Å²) in [5, 5.41) is 1.16. The predicted octanol–water partition coefficient (Wildman–Crippen LogP) is 1.99. The molecule has 0 amide bonds. The topological polar surface area (TPSA) is 66.0 Å². The lowest BCUT2D eigenvalue weighted by Gasteiger charge is -2.05. The first-order chi connectivity index (χ1) is 10.3. The van der Waals surface area contributed by atoms with Crippen molar-refractivity contribution < 1.29 is 4.74 Å². The average Bonchev–Trinajstić information content (AvgIpc) is 2.86. The minimum atomic E-state index is 0.624. The van der Waals surface area contributed by atoms with Crippen molar-refractivity contribution in [3.63, 3.8) is 0 Å². The molecule has 0 unspecified atom stereocenters. The molecule has 3 aromatic heterocycles. The molecule has 3 rings (SSSR count). The van der Waals surface area contributed by atoms with E-state index in [2.05, 4.69) is 26.8 Å². The van der Waals surface area contributed by atoms with Gasteiger partial charge in [0.25, 0.3) is 0 Å². The lowest BCUT2D eigenvalue weighted by molar-refractivity contribution is 0.396. The maximum absolute atomic E-state index is 5.69. The second-order valence-electron chi connectivity index (χ2n) is 4.87. The standard InChI is InChI=1S/C16H18N4O/c1-21-15-6-2-4-13(19-15)11-20-10-12(7-8-17)14-5-3-9-18-16(14)20/h2-6,9-10H,7-8,11,17H2,1H3. The van der Waals surface area contributed by atoms with E-state index in [1.54, 1.807) is 7.11 Å². The number of nitrogens with zero attached hydrogens (tertiary/aromatic N) is 3. The molecule has 0 aliphatic carbocycles. The molecule has 2 N–H and O–H groups in total. The van der Waals surface area contributed by atoms with Crippen LogP contribution in [0, 0.1) is 0 Å². The van der Waals surface area contributed by atoms with Crippen molar-refractivity contribution in [3.05, 3.63) is 54.0 Å². The van der Waals surface area contributed by atoms with E-state index in [9.17, 15) is 0 Å². The molecule has 0 fully saturated rings. The van der Waals surface area contributed by atoms with Gasteiger partial charge in [0.15, 0.2) is 0 Å². The molecule has 21 heavy (non-hydrogen) atoms. The number of methoxy groups -OCH3 is 1. The van der Waals surface area contributed by atoms with Gasteiger partial charge in [0.05, 0.1) is 19.3 Å². The van der Waals surface area contributed by atoms with Gasteiger partial charge in [-0.25, -0.2) is 9.97 Å². The molecule has 3 heterocycles. The molecule has 0 atom stereocenters. The third-order valence-corrected chi connectivity index (χ3v) is 3.45. The Morgan fingerprint density at radius 3 is 2.95 bits per heavy atom. The van der Waals surface area contributed by atoms with E-state index in [0.29, 0.717) is 19.0 Å². The summed E-state index contributed by atoms with van der Waals surface area (Å²) in [6.45, 7) is 1.29.